The Morgan fingerprint density at radius 3 is 2.75 bits per heavy atom. The topological polar surface area (TPSA) is 125 Å². The van der Waals surface area contributed by atoms with Gasteiger partial charge >= 0.3 is 5.97 Å². The highest BCUT2D eigenvalue weighted by Gasteiger charge is 2.57. The first-order chi connectivity index (χ1) is 11.4. The molecule has 0 aromatic heterocycles. The molecule has 2 fully saturated rings. The summed E-state index contributed by atoms with van der Waals surface area (Å²) in [7, 11) is 0. The number of rotatable bonds is 5. The summed E-state index contributed by atoms with van der Waals surface area (Å²) in [6, 6.07) is -0.260. The zero-order valence-corrected chi connectivity index (χ0v) is 13.6. The van der Waals surface area contributed by atoms with Gasteiger partial charge in [-0.1, -0.05) is 0 Å². The van der Waals surface area contributed by atoms with E-state index in [1.807, 2.05) is 4.90 Å². The molecule has 0 aromatic carbocycles. The maximum Gasteiger partial charge on any atom is 0.352 e. The van der Waals surface area contributed by atoms with Crippen LogP contribution in [0.1, 0.15) is 26.2 Å². The van der Waals surface area contributed by atoms with Crippen molar-refractivity contribution >= 4 is 17.7 Å². The molecular formula is C16H23N3O5. The number of β-lactam (4-membered cyclic amide) rings is 1. The molecule has 0 spiro atoms. The molecule has 0 aromatic rings. The number of nitrogens with zero attached hydrogens (tertiary/aromatic N) is 2. The molecule has 0 unspecified atom stereocenters. The Bertz CT molecular complexity index is 615. The minimum absolute atomic E-state index is 0.0109. The summed E-state index contributed by atoms with van der Waals surface area (Å²) in [5.74, 6) is -1.60. The smallest absolute Gasteiger partial charge is 0.352 e. The number of aliphatic hydroxyl groups excluding tert-OH is 2. The summed E-state index contributed by atoms with van der Waals surface area (Å²) < 4.78 is 0. The Balaban J connectivity index is 1.79. The summed E-state index contributed by atoms with van der Waals surface area (Å²) in [6.07, 6.45) is 0.712. The van der Waals surface area contributed by atoms with Crippen LogP contribution in [0, 0.1) is 17.2 Å². The number of aliphatic carboxylic acids is 1. The standard InChI is InChI=1S/C16H23N3O5/c1-8(21)13-11-6-10(14(16(23)24)19(11)15(13)22)9-2-4-18(7-9)12(17)3-5-20/h8-9,11,13,17,20-21H,2-7H2,1H3,(H,23,24)/t8-,9+,11-,13-/m1/s1. The van der Waals surface area contributed by atoms with Crippen molar-refractivity contribution in [2.24, 2.45) is 11.8 Å². The van der Waals surface area contributed by atoms with Crippen molar-refractivity contribution in [1.82, 2.24) is 9.80 Å². The lowest BCUT2D eigenvalue weighted by Crippen LogP contribution is -2.61. The molecule has 2 saturated heterocycles. The molecule has 0 saturated carbocycles. The number of nitrogens with one attached hydrogen (secondary N) is 1. The molecule has 8 nitrogen and oxygen atoms in total. The Morgan fingerprint density at radius 2 is 2.17 bits per heavy atom. The number of carbonyl (C=O) groups is 2. The SMILES string of the molecule is C[C@@H](O)[C@H]1C(=O)N2C(C(=O)O)=C([C@H]3CCN(C(=N)CCO)C3)C[C@H]12. The number of carboxylic acids is 1. The van der Waals surface area contributed by atoms with Crippen molar-refractivity contribution in [3.8, 4) is 0 Å². The zero-order chi connectivity index (χ0) is 17.6. The van der Waals surface area contributed by atoms with Gasteiger partial charge in [0.05, 0.1) is 30.5 Å². The molecule has 0 bridgehead atoms. The molecule has 132 valence electrons. The van der Waals surface area contributed by atoms with Crippen molar-refractivity contribution in [2.75, 3.05) is 19.7 Å². The van der Waals surface area contributed by atoms with Crippen molar-refractivity contribution in [3.05, 3.63) is 11.3 Å². The van der Waals surface area contributed by atoms with Crippen molar-refractivity contribution in [1.29, 1.82) is 5.41 Å². The fourth-order valence-electron chi connectivity index (χ4n) is 4.22. The van der Waals surface area contributed by atoms with Crippen LogP contribution in [0.15, 0.2) is 11.3 Å². The van der Waals surface area contributed by atoms with Crippen LogP contribution in [0.4, 0.5) is 0 Å². The van der Waals surface area contributed by atoms with Crippen molar-refractivity contribution in [2.45, 2.75) is 38.3 Å². The van der Waals surface area contributed by atoms with E-state index in [9.17, 15) is 19.8 Å². The van der Waals surface area contributed by atoms with E-state index in [0.717, 1.165) is 12.0 Å². The summed E-state index contributed by atoms with van der Waals surface area (Å²) in [4.78, 5) is 27.1. The van der Waals surface area contributed by atoms with Gasteiger partial charge < -0.3 is 25.1 Å². The van der Waals surface area contributed by atoms with Gasteiger partial charge in [0.2, 0.25) is 5.91 Å². The molecule has 3 aliphatic heterocycles. The number of fused-ring (bicyclic) bond motifs is 1. The summed E-state index contributed by atoms with van der Waals surface area (Å²) in [5.41, 5.74) is 0.825. The molecule has 3 aliphatic rings. The third kappa shape index (κ3) is 2.50. The number of likely N-dealkylation sites (tertiary alicyclic amines) is 1. The van der Waals surface area contributed by atoms with E-state index < -0.39 is 18.0 Å². The first-order valence-corrected chi connectivity index (χ1v) is 8.27. The van der Waals surface area contributed by atoms with Crippen LogP contribution < -0.4 is 0 Å². The van der Waals surface area contributed by atoms with Crippen LogP contribution in [0.2, 0.25) is 0 Å². The number of aliphatic hydroxyl groups is 2. The number of amidine groups is 1. The fourth-order valence-corrected chi connectivity index (χ4v) is 4.22. The lowest BCUT2D eigenvalue weighted by atomic mass is 9.82. The van der Waals surface area contributed by atoms with E-state index in [0.29, 0.717) is 25.3 Å². The monoisotopic (exact) mass is 337 g/mol. The minimum atomic E-state index is -1.10. The van der Waals surface area contributed by atoms with Gasteiger partial charge in [0.25, 0.3) is 0 Å². The third-order valence-electron chi connectivity index (χ3n) is 5.38. The number of carbonyl (C=O) groups excluding carboxylic acids is 1. The van der Waals surface area contributed by atoms with Gasteiger partial charge in [0, 0.05) is 25.4 Å². The average Bonchev–Trinajstić information content (AvgIpc) is 3.09. The molecular weight excluding hydrogens is 314 g/mol. The molecule has 3 rings (SSSR count). The van der Waals surface area contributed by atoms with Crippen molar-refractivity contribution < 1.29 is 24.9 Å². The lowest BCUT2D eigenvalue weighted by molar-refractivity contribution is -0.161. The number of carboxylic acid groups (broad SMARTS) is 1. The van der Waals surface area contributed by atoms with Gasteiger partial charge in [-0.3, -0.25) is 10.2 Å². The van der Waals surface area contributed by atoms with E-state index in [4.69, 9.17) is 10.5 Å². The van der Waals surface area contributed by atoms with E-state index in [1.165, 1.54) is 4.90 Å². The predicted molar refractivity (Wildman–Crippen MR) is 84.2 cm³/mol. The van der Waals surface area contributed by atoms with E-state index in [2.05, 4.69) is 0 Å². The summed E-state index contributed by atoms with van der Waals surface area (Å²) >= 11 is 0. The van der Waals surface area contributed by atoms with Gasteiger partial charge in [0.15, 0.2) is 0 Å². The zero-order valence-electron chi connectivity index (χ0n) is 13.6. The molecule has 4 atom stereocenters. The second kappa shape index (κ2) is 6.18. The first kappa shape index (κ1) is 16.9. The first-order valence-electron chi connectivity index (χ1n) is 8.27. The maximum atomic E-state index is 12.2. The van der Waals surface area contributed by atoms with Gasteiger partial charge in [-0.25, -0.2) is 4.79 Å². The quantitative estimate of drug-likeness (QED) is 0.308. The molecule has 8 heteroatoms. The molecule has 4 N–H and O–H groups in total. The van der Waals surface area contributed by atoms with Gasteiger partial charge in [-0.15, -0.1) is 0 Å². The molecule has 24 heavy (non-hydrogen) atoms. The lowest BCUT2D eigenvalue weighted by Gasteiger charge is -2.44. The fraction of sp³-hybridized carbons (Fsp3) is 0.688. The summed E-state index contributed by atoms with van der Waals surface area (Å²) in [6.45, 7) is 2.67. The predicted octanol–water partition coefficient (Wildman–Crippen LogP) is -0.382. The van der Waals surface area contributed by atoms with Gasteiger partial charge in [-0.05, 0) is 25.3 Å². The van der Waals surface area contributed by atoms with Gasteiger partial charge in [0.1, 0.15) is 5.70 Å². The van der Waals surface area contributed by atoms with E-state index >= 15 is 0 Å². The highest BCUT2D eigenvalue weighted by molar-refractivity contribution is 5.99. The number of amides is 1. The Kier molecular flexibility index (Phi) is 4.35. The van der Waals surface area contributed by atoms with Crippen LogP contribution in [0.5, 0.6) is 0 Å². The second-order valence-corrected chi connectivity index (χ2v) is 6.78. The van der Waals surface area contributed by atoms with E-state index in [-0.39, 0.29) is 36.6 Å². The normalized spacial score (nSPS) is 30.5. The van der Waals surface area contributed by atoms with E-state index in [1.54, 1.807) is 6.92 Å². The number of hydrogen-bond acceptors (Lipinski definition) is 5. The minimum Gasteiger partial charge on any atom is -0.477 e. The van der Waals surface area contributed by atoms with Crippen LogP contribution in [-0.2, 0) is 9.59 Å². The Hall–Kier alpha value is -1.93. The third-order valence-corrected chi connectivity index (χ3v) is 5.38. The Labute approximate surface area is 139 Å². The maximum absolute atomic E-state index is 12.2. The number of hydrogen-bond donors (Lipinski definition) is 4. The van der Waals surface area contributed by atoms with Crippen molar-refractivity contribution in [3.63, 3.8) is 0 Å². The van der Waals surface area contributed by atoms with Crippen LogP contribution in [-0.4, -0.2) is 74.7 Å². The molecule has 1 amide bonds. The largest absolute Gasteiger partial charge is 0.477 e. The molecule has 3 heterocycles. The van der Waals surface area contributed by atoms with Gasteiger partial charge in [-0.2, -0.15) is 0 Å². The molecule has 0 radical (unpaired) electrons. The van der Waals surface area contributed by atoms with Crippen LogP contribution in [0.25, 0.3) is 0 Å². The highest BCUT2D eigenvalue weighted by Crippen LogP contribution is 2.47. The molecule has 0 aliphatic carbocycles. The summed E-state index contributed by atoms with van der Waals surface area (Å²) in [5, 5.41) is 36.2. The highest BCUT2D eigenvalue weighted by atomic mass is 16.4. The van der Waals surface area contributed by atoms with Crippen LogP contribution in [0.3, 0.4) is 0 Å². The second-order valence-electron chi connectivity index (χ2n) is 6.78. The average molecular weight is 337 g/mol. The Morgan fingerprint density at radius 1 is 1.46 bits per heavy atom. The van der Waals surface area contributed by atoms with Crippen LogP contribution >= 0.6 is 0 Å².